The van der Waals surface area contributed by atoms with Crippen LogP contribution in [0.4, 0.5) is 0 Å². The van der Waals surface area contributed by atoms with Crippen LogP contribution in [0.25, 0.3) is 0 Å². The molecule has 0 aliphatic carbocycles. The lowest BCUT2D eigenvalue weighted by atomic mass is 9.94. The molecule has 0 amide bonds. The number of fused-ring (bicyclic) bond motifs is 1. The van der Waals surface area contributed by atoms with Crippen molar-refractivity contribution >= 4 is 0 Å². The van der Waals surface area contributed by atoms with E-state index in [1.54, 1.807) is 0 Å². The second kappa shape index (κ2) is 3.95. The van der Waals surface area contributed by atoms with E-state index >= 15 is 0 Å². The maximum absolute atomic E-state index is 9.28. The predicted molar refractivity (Wildman–Crippen MR) is 52.6 cm³/mol. The molecule has 0 saturated carbocycles. The minimum atomic E-state index is -0.180. The third kappa shape index (κ3) is 2.22. The molecule has 0 spiro atoms. The first kappa shape index (κ1) is 9.44. The van der Waals surface area contributed by atoms with Crippen molar-refractivity contribution in [3.8, 4) is 0 Å². The van der Waals surface area contributed by atoms with E-state index in [0.29, 0.717) is 6.04 Å². The fourth-order valence-electron chi connectivity index (χ4n) is 2.66. The lowest BCUT2D eigenvalue weighted by Crippen LogP contribution is -2.41. The molecule has 2 saturated heterocycles. The smallest absolute Gasteiger partial charge is 0.0639 e. The Labute approximate surface area is 80.1 Å². The lowest BCUT2D eigenvalue weighted by molar-refractivity contribution is 0.138. The van der Waals surface area contributed by atoms with E-state index in [0.717, 1.165) is 19.0 Å². The highest BCUT2D eigenvalue weighted by atomic mass is 16.3. The summed E-state index contributed by atoms with van der Waals surface area (Å²) < 4.78 is 0. The number of β-amino-alcohol motifs (C(OH)–C–C–N with tert-alkyl or cyclic N) is 1. The largest absolute Gasteiger partial charge is 0.392 e. The third-order valence-corrected chi connectivity index (χ3v) is 3.20. The molecule has 2 aliphatic heterocycles. The molecule has 2 rings (SSSR count). The Morgan fingerprint density at radius 1 is 1.54 bits per heavy atom. The molecule has 2 N–H and O–H groups in total. The van der Waals surface area contributed by atoms with E-state index in [2.05, 4.69) is 10.2 Å². The number of piperidine rings is 1. The summed E-state index contributed by atoms with van der Waals surface area (Å²) in [5, 5.41) is 12.8. The standard InChI is InChI=1S/C10H20N2O/c1-8(13)5-12-6-9-3-2-4-11-10(9)7-12/h8-11,13H,2-7H2,1H3/t8-,9-,10+/m0/s1. The zero-order valence-electron chi connectivity index (χ0n) is 8.37. The van der Waals surface area contributed by atoms with E-state index in [9.17, 15) is 5.11 Å². The normalized spacial score (nSPS) is 37.4. The Bertz CT molecular complexity index is 158. The molecule has 2 aliphatic rings. The Morgan fingerprint density at radius 2 is 2.38 bits per heavy atom. The lowest BCUT2D eigenvalue weighted by Gasteiger charge is -2.24. The van der Waals surface area contributed by atoms with Crippen LogP contribution in [0.1, 0.15) is 19.8 Å². The van der Waals surface area contributed by atoms with Gasteiger partial charge in [0.1, 0.15) is 0 Å². The molecule has 13 heavy (non-hydrogen) atoms. The first-order chi connectivity index (χ1) is 6.25. The molecule has 0 aromatic carbocycles. The van der Waals surface area contributed by atoms with Crippen molar-refractivity contribution in [1.29, 1.82) is 0 Å². The second-order valence-electron chi connectivity index (χ2n) is 4.53. The highest BCUT2D eigenvalue weighted by molar-refractivity contribution is 4.91. The summed E-state index contributed by atoms with van der Waals surface area (Å²) in [6, 6.07) is 0.701. The van der Waals surface area contributed by atoms with Gasteiger partial charge in [0.2, 0.25) is 0 Å². The molecule has 0 aromatic rings. The van der Waals surface area contributed by atoms with Crippen LogP contribution in [0.5, 0.6) is 0 Å². The number of hydrogen-bond donors (Lipinski definition) is 2. The fraction of sp³-hybridized carbons (Fsp3) is 1.00. The van der Waals surface area contributed by atoms with Crippen molar-refractivity contribution in [2.45, 2.75) is 31.9 Å². The van der Waals surface area contributed by atoms with Crippen LogP contribution in [-0.2, 0) is 0 Å². The molecular weight excluding hydrogens is 164 g/mol. The van der Waals surface area contributed by atoms with Crippen LogP contribution < -0.4 is 5.32 Å². The third-order valence-electron chi connectivity index (χ3n) is 3.20. The number of hydrogen-bond acceptors (Lipinski definition) is 3. The molecule has 76 valence electrons. The Kier molecular flexibility index (Phi) is 2.86. The molecule has 3 nitrogen and oxygen atoms in total. The molecule has 3 heteroatoms. The van der Waals surface area contributed by atoms with Crippen molar-refractivity contribution in [2.24, 2.45) is 5.92 Å². The Morgan fingerprint density at radius 3 is 3.08 bits per heavy atom. The van der Waals surface area contributed by atoms with E-state index < -0.39 is 0 Å². The molecule has 0 unspecified atom stereocenters. The van der Waals surface area contributed by atoms with Crippen LogP contribution in [0, 0.1) is 5.92 Å². The van der Waals surface area contributed by atoms with Crippen LogP contribution in [0.15, 0.2) is 0 Å². The van der Waals surface area contributed by atoms with Gasteiger partial charge in [-0.05, 0) is 32.2 Å². The van der Waals surface area contributed by atoms with Crippen molar-refractivity contribution in [2.75, 3.05) is 26.2 Å². The summed E-state index contributed by atoms with van der Waals surface area (Å²) in [5.41, 5.74) is 0. The van der Waals surface area contributed by atoms with Crippen LogP contribution in [0.3, 0.4) is 0 Å². The molecule has 0 aromatic heterocycles. The maximum Gasteiger partial charge on any atom is 0.0639 e. The van der Waals surface area contributed by atoms with E-state index in [4.69, 9.17) is 0 Å². The van der Waals surface area contributed by atoms with Crippen LogP contribution in [0.2, 0.25) is 0 Å². The first-order valence-corrected chi connectivity index (χ1v) is 5.39. The van der Waals surface area contributed by atoms with Crippen molar-refractivity contribution in [1.82, 2.24) is 10.2 Å². The quantitative estimate of drug-likeness (QED) is 0.636. The molecule has 2 heterocycles. The van der Waals surface area contributed by atoms with Gasteiger partial charge in [-0.1, -0.05) is 0 Å². The topological polar surface area (TPSA) is 35.5 Å². The summed E-state index contributed by atoms with van der Waals surface area (Å²) in [7, 11) is 0. The molecular formula is C10H20N2O. The summed E-state index contributed by atoms with van der Waals surface area (Å²) in [4.78, 5) is 2.39. The number of rotatable bonds is 2. The zero-order valence-corrected chi connectivity index (χ0v) is 8.37. The summed E-state index contributed by atoms with van der Waals surface area (Å²) >= 11 is 0. The van der Waals surface area contributed by atoms with E-state index in [1.807, 2.05) is 6.92 Å². The summed E-state index contributed by atoms with van der Waals surface area (Å²) in [5.74, 6) is 0.840. The van der Waals surface area contributed by atoms with Crippen LogP contribution >= 0.6 is 0 Å². The zero-order chi connectivity index (χ0) is 9.26. The van der Waals surface area contributed by atoms with Crippen molar-refractivity contribution < 1.29 is 5.11 Å². The van der Waals surface area contributed by atoms with E-state index in [-0.39, 0.29) is 6.10 Å². The Hall–Kier alpha value is -0.120. The number of aliphatic hydroxyl groups is 1. The minimum absolute atomic E-state index is 0.180. The van der Waals surface area contributed by atoms with Gasteiger partial charge in [-0.2, -0.15) is 0 Å². The van der Waals surface area contributed by atoms with Gasteiger partial charge in [-0.3, -0.25) is 4.90 Å². The van der Waals surface area contributed by atoms with Gasteiger partial charge in [-0.25, -0.2) is 0 Å². The van der Waals surface area contributed by atoms with Crippen molar-refractivity contribution in [3.63, 3.8) is 0 Å². The van der Waals surface area contributed by atoms with Gasteiger partial charge >= 0.3 is 0 Å². The maximum atomic E-state index is 9.28. The van der Waals surface area contributed by atoms with E-state index in [1.165, 1.54) is 25.9 Å². The predicted octanol–water partition coefficient (Wildman–Crippen LogP) is 0.0510. The highest BCUT2D eigenvalue weighted by Gasteiger charge is 2.34. The second-order valence-corrected chi connectivity index (χ2v) is 4.53. The average Bonchev–Trinajstić information content (AvgIpc) is 2.44. The fourth-order valence-corrected chi connectivity index (χ4v) is 2.66. The average molecular weight is 184 g/mol. The summed E-state index contributed by atoms with van der Waals surface area (Å²) in [6.45, 7) is 6.21. The SMILES string of the molecule is C[C@H](O)CN1C[C@@H]2CCCN[C@@H]2C1. The van der Waals surface area contributed by atoms with Gasteiger partial charge in [0.05, 0.1) is 6.10 Å². The van der Waals surface area contributed by atoms with Crippen LogP contribution in [-0.4, -0.2) is 48.3 Å². The first-order valence-electron chi connectivity index (χ1n) is 5.39. The molecule has 3 atom stereocenters. The van der Waals surface area contributed by atoms with Gasteiger partial charge in [0.25, 0.3) is 0 Å². The van der Waals surface area contributed by atoms with Gasteiger partial charge < -0.3 is 10.4 Å². The number of nitrogens with zero attached hydrogens (tertiary/aromatic N) is 1. The van der Waals surface area contributed by atoms with Gasteiger partial charge in [-0.15, -0.1) is 0 Å². The number of aliphatic hydroxyl groups excluding tert-OH is 1. The highest BCUT2D eigenvalue weighted by Crippen LogP contribution is 2.24. The van der Waals surface area contributed by atoms with Crippen molar-refractivity contribution in [3.05, 3.63) is 0 Å². The monoisotopic (exact) mass is 184 g/mol. The number of nitrogens with one attached hydrogen (secondary N) is 1. The Balaban J connectivity index is 1.84. The molecule has 0 bridgehead atoms. The minimum Gasteiger partial charge on any atom is -0.392 e. The molecule has 2 fully saturated rings. The summed E-state index contributed by atoms with van der Waals surface area (Å²) in [6.07, 6.45) is 2.51. The number of likely N-dealkylation sites (tertiary alicyclic amines) is 1. The van der Waals surface area contributed by atoms with Gasteiger partial charge in [0, 0.05) is 25.7 Å². The molecule has 0 radical (unpaired) electrons. The van der Waals surface area contributed by atoms with Gasteiger partial charge in [0.15, 0.2) is 0 Å².